The number of halogens is 2. The van der Waals surface area contributed by atoms with Crippen LogP contribution in [0.1, 0.15) is 32.1 Å². The van der Waals surface area contributed by atoms with Gasteiger partial charge in [-0.05, 0) is 12.8 Å². The van der Waals surface area contributed by atoms with E-state index in [9.17, 15) is 23.5 Å². The summed E-state index contributed by atoms with van der Waals surface area (Å²) in [6.07, 6.45) is 1.38. The summed E-state index contributed by atoms with van der Waals surface area (Å²) in [7, 11) is 0. The maximum atomic E-state index is 13.2. The van der Waals surface area contributed by atoms with E-state index in [1.807, 2.05) is 0 Å². The molecule has 1 N–H and O–H groups in total. The summed E-state index contributed by atoms with van der Waals surface area (Å²) < 4.78 is 32.0. The van der Waals surface area contributed by atoms with Gasteiger partial charge in [-0.25, -0.2) is 8.78 Å². The Labute approximate surface area is 156 Å². The van der Waals surface area contributed by atoms with E-state index in [2.05, 4.69) is 0 Å². The van der Waals surface area contributed by atoms with Gasteiger partial charge in [-0.3, -0.25) is 9.59 Å². The van der Waals surface area contributed by atoms with Crippen molar-refractivity contribution in [2.45, 2.75) is 44.3 Å². The molecule has 0 bridgehead atoms. The molecule has 1 aromatic carbocycles. The summed E-state index contributed by atoms with van der Waals surface area (Å²) in [6.45, 7) is 1.56. The number of aliphatic hydroxyl groups is 1. The highest BCUT2D eigenvalue weighted by atomic mass is 19.1. The molecule has 8 heteroatoms. The molecule has 2 saturated heterocycles. The molecule has 27 heavy (non-hydrogen) atoms. The van der Waals surface area contributed by atoms with Crippen molar-refractivity contribution in [1.29, 1.82) is 0 Å². The molecule has 0 aliphatic carbocycles. The van der Waals surface area contributed by atoms with Gasteiger partial charge in [-0.2, -0.15) is 0 Å². The second kappa shape index (κ2) is 8.65. The summed E-state index contributed by atoms with van der Waals surface area (Å²) in [4.78, 5) is 27.4. The van der Waals surface area contributed by atoms with E-state index in [0.717, 1.165) is 31.0 Å². The number of amides is 2. The first kappa shape index (κ1) is 19.5. The zero-order valence-electron chi connectivity index (χ0n) is 15.1. The molecule has 2 amide bonds. The van der Waals surface area contributed by atoms with Gasteiger partial charge < -0.3 is 19.6 Å². The molecule has 2 aliphatic heterocycles. The average Bonchev–Trinajstić information content (AvgIpc) is 2.61. The van der Waals surface area contributed by atoms with Crippen molar-refractivity contribution in [2.24, 2.45) is 0 Å². The fourth-order valence-corrected chi connectivity index (χ4v) is 3.53. The van der Waals surface area contributed by atoms with Crippen LogP contribution in [0.5, 0.6) is 5.75 Å². The predicted octanol–water partition coefficient (Wildman–Crippen LogP) is 1.71. The minimum Gasteiger partial charge on any atom is -0.487 e. The summed E-state index contributed by atoms with van der Waals surface area (Å²) in [5, 5.41) is 10.3. The van der Waals surface area contributed by atoms with Gasteiger partial charge in [0.15, 0.2) is 0 Å². The Morgan fingerprint density at radius 3 is 2.59 bits per heavy atom. The van der Waals surface area contributed by atoms with Gasteiger partial charge in [0, 0.05) is 57.1 Å². The third-order valence-electron chi connectivity index (χ3n) is 5.01. The molecule has 2 heterocycles. The van der Waals surface area contributed by atoms with Crippen LogP contribution in [0.3, 0.4) is 0 Å². The summed E-state index contributed by atoms with van der Waals surface area (Å²) >= 11 is 0. The molecule has 3 rings (SSSR count). The Bertz CT molecular complexity index is 680. The van der Waals surface area contributed by atoms with Crippen molar-refractivity contribution in [2.75, 3.05) is 26.2 Å². The lowest BCUT2D eigenvalue weighted by Gasteiger charge is -2.36. The van der Waals surface area contributed by atoms with E-state index in [1.54, 1.807) is 9.80 Å². The Balaban J connectivity index is 1.48. The largest absolute Gasteiger partial charge is 0.487 e. The number of β-amino-alcohol motifs (C(OH)–C–C–N with tert-alkyl or cyclic N) is 1. The van der Waals surface area contributed by atoms with Gasteiger partial charge in [-0.1, -0.05) is 0 Å². The number of carbonyl (C=O) groups is 2. The monoisotopic (exact) mass is 382 g/mol. The third-order valence-corrected chi connectivity index (χ3v) is 5.01. The van der Waals surface area contributed by atoms with Crippen LogP contribution in [0.2, 0.25) is 0 Å². The van der Waals surface area contributed by atoms with Crippen molar-refractivity contribution >= 4 is 11.8 Å². The van der Waals surface area contributed by atoms with Crippen LogP contribution >= 0.6 is 0 Å². The first-order valence-corrected chi connectivity index (χ1v) is 9.29. The quantitative estimate of drug-likeness (QED) is 0.842. The van der Waals surface area contributed by atoms with E-state index in [-0.39, 0.29) is 30.5 Å². The van der Waals surface area contributed by atoms with Crippen molar-refractivity contribution < 1.29 is 28.2 Å². The summed E-state index contributed by atoms with van der Waals surface area (Å²) in [6, 6.07) is 2.86. The predicted molar refractivity (Wildman–Crippen MR) is 93.0 cm³/mol. The Morgan fingerprint density at radius 1 is 1.19 bits per heavy atom. The lowest BCUT2D eigenvalue weighted by molar-refractivity contribution is -0.139. The molecular weight excluding hydrogens is 358 g/mol. The van der Waals surface area contributed by atoms with Crippen molar-refractivity contribution in [3.8, 4) is 5.75 Å². The number of carbonyl (C=O) groups excluding carboxylic acids is 2. The highest BCUT2D eigenvalue weighted by molar-refractivity contribution is 5.79. The molecule has 2 aliphatic rings. The fraction of sp³-hybridized carbons (Fsp3) is 0.579. The number of aliphatic hydroxyl groups excluding tert-OH is 1. The highest BCUT2D eigenvalue weighted by Gasteiger charge is 2.32. The molecule has 0 radical (unpaired) electrons. The molecule has 2 fully saturated rings. The van der Waals surface area contributed by atoms with Crippen molar-refractivity contribution in [1.82, 2.24) is 9.80 Å². The van der Waals surface area contributed by atoms with E-state index < -0.39 is 23.8 Å². The van der Waals surface area contributed by atoms with Crippen LogP contribution in [-0.2, 0) is 9.59 Å². The fourth-order valence-electron chi connectivity index (χ4n) is 3.53. The van der Waals surface area contributed by atoms with Gasteiger partial charge >= 0.3 is 0 Å². The first-order valence-electron chi connectivity index (χ1n) is 9.29. The van der Waals surface area contributed by atoms with Crippen molar-refractivity contribution in [3.63, 3.8) is 0 Å². The average molecular weight is 382 g/mol. The Morgan fingerprint density at radius 2 is 1.93 bits per heavy atom. The SMILES string of the molecule is O=C1CCCCN1CCC(=O)N1CC[C@@H](Oc2cc(F)cc(F)c2)[C@H](O)C1. The number of ether oxygens (including phenoxy) is 1. The zero-order chi connectivity index (χ0) is 19.4. The first-order chi connectivity index (χ1) is 12.9. The number of likely N-dealkylation sites (tertiary alicyclic amines) is 2. The lowest BCUT2D eigenvalue weighted by atomic mass is 10.0. The van der Waals surface area contributed by atoms with E-state index in [4.69, 9.17) is 4.74 Å². The summed E-state index contributed by atoms with van der Waals surface area (Å²) in [5.74, 6) is -1.52. The molecule has 0 unspecified atom stereocenters. The number of piperidine rings is 2. The topological polar surface area (TPSA) is 70.1 Å². The second-order valence-corrected chi connectivity index (χ2v) is 7.05. The van der Waals surface area contributed by atoms with Crippen LogP contribution in [0.4, 0.5) is 8.78 Å². The third kappa shape index (κ3) is 5.15. The highest BCUT2D eigenvalue weighted by Crippen LogP contribution is 2.22. The van der Waals surface area contributed by atoms with Gasteiger partial charge in [-0.15, -0.1) is 0 Å². The number of hydrogen-bond acceptors (Lipinski definition) is 4. The minimum atomic E-state index is -0.953. The Kier molecular flexibility index (Phi) is 6.26. The standard InChI is InChI=1S/C19H24F2N2O4/c20-13-9-14(21)11-15(10-13)27-17-4-7-23(12-16(17)24)19(26)5-8-22-6-2-1-3-18(22)25/h9-11,16-17,24H,1-8,12H2/t16-,17-/m1/s1. The second-order valence-electron chi connectivity index (χ2n) is 7.05. The summed E-state index contributed by atoms with van der Waals surface area (Å²) in [5.41, 5.74) is 0. The van der Waals surface area contributed by atoms with Crippen LogP contribution in [0.15, 0.2) is 18.2 Å². The maximum absolute atomic E-state index is 13.2. The zero-order valence-corrected chi connectivity index (χ0v) is 15.1. The van der Waals surface area contributed by atoms with Gasteiger partial charge in [0.2, 0.25) is 11.8 Å². The van der Waals surface area contributed by atoms with Gasteiger partial charge in [0.25, 0.3) is 0 Å². The number of hydrogen-bond donors (Lipinski definition) is 1. The van der Waals surface area contributed by atoms with Crippen LogP contribution in [-0.4, -0.2) is 65.1 Å². The molecule has 148 valence electrons. The van der Waals surface area contributed by atoms with Crippen LogP contribution < -0.4 is 4.74 Å². The minimum absolute atomic E-state index is 0.0138. The van der Waals surface area contributed by atoms with E-state index >= 15 is 0 Å². The molecule has 2 atom stereocenters. The van der Waals surface area contributed by atoms with Crippen LogP contribution in [0, 0.1) is 11.6 Å². The molecule has 0 spiro atoms. The lowest BCUT2D eigenvalue weighted by Crippen LogP contribution is -2.51. The molecule has 1 aromatic rings. The number of rotatable bonds is 5. The van der Waals surface area contributed by atoms with E-state index in [0.29, 0.717) is 32.5 Å². The molecular formula is C19H24F2N2O4. The van der Waals surface area contributed by atoms with Crippen LogP contribution in [0.25, 0.3) is 0 Å². The number of benzene rings is 1. The number of nitrogens with zero attached hydrogens (tertiary/aromatic N) is 2. The molecule has 6 nitrogen and oxygen atoms in total. The Hall–Kier alpha value is -2.22. The van der Waals surface area contributed by atoms with Gasteiger partial charge in [0.05, 0.1) is 6.54 Å². The maximum Gasteiger partial charge on any atom is 0.224 e. The molecule has 0 aromatic heterocycles. The van der Waals surface area contributed by atoms with Gasteiger partial charge in [0.1, 0.15) is 29.6 Å². The van der Waals surface area contributed by atoms with E-state index in [1.165, 1.54) is 0 Å². The van der Waals surface area contributed by atoms with Crippen molar-refractivity contribution in [3.05, 3.63) is 29.8 Å². The molecule has 0 saturated carbocycles. The smallest absolute Gasteiger partial charge is 0.224 e. The normalized spacial score (nSPS) is 23.4.